The van der Waals surface area contributed by atoms with Gasteiger partial charge in [0.2, 0.25) is 10.0 Å². The van der Waals surface area contributed by atoms with Gasteiger partial charge in [-0.05, 0) is 80.2 Å². The van der Waals surface area contributed by atoms with E-state index in [9.17, 15) is 21.6 Å². The molecular weight excluding hydrogens is 535 g/mol. The summed E-state index contributed by atoms with van der Waals surface area (Å²) in [7, 11) is -2.45. The molecule has 0 aliphatic carbocycles. The SMILES string of the molecule is CNC[C@@H]1[C@@H](c2ccc(-c3cccc(C)c3C)cc2)[C@@H]2CN(S(=O)(=O)c3ccccc3C(F)(F)F)CCCCN12. The molecule has 0 aromatic heterocycles. The zero-order valence-corrected chi connectivity index (χ0v) is 23.9. The second kappa shape index (κ2) is 11.3. The van der Waals surface area contributed by atoms with Crippen LogP contribution in [-0.2, 0) is 16.2 Å². The summed E-state index contributed by atoms with van der Waals surface area (Å²) in [5.41, 5.74) is 4.77. The van der Waals surface area contributed by atoms with Crippen LogP contribution in [0.15, 0.2) is 71.6 Å². The monoisotopic (exact) mass is 571 g/mol. The van der Waals surface area contributed by atoms with Crippen LogP contribution in [0.5, 0.6) is 0 Å². The Labute approximate surface area is 235 Å². The molecule has 2 heterocycles. The largest absolute Gasteiger partial charge is 0.417 e. The van der Waals surface area contributed by atoms with Gasteiger partial charge in [-0.25, -0.2) is 8.42 Å². The van der Waals surface area contributed by atoms with Crippen LogP contribution in [0.1, 0.15) is 41.0 Å². The fourth-order valence-corrected chi connectivity index (χ4v) is 8.08. The fraction of sp³-hybridized carbons (Fsp3) is 0.419. The van der Waals surface area contributed by atoms with Gasteiger partial charge in [0.25, 0.3) is 0 Å². The molecule has 1 N–H and O–H groups in total. The Hall–Kier alpha value is -2.72. The van der Waals surface area contributed by atoms with E-state index < -0.39 is 26.7 Å². The van der Waals surface area contributed by atoms with Gasteiger partial charge in [-0.3, -0.25) is 4.90 Å². The molecule has 0 amide bonds. The van der Waals surface area contributed by atoms with Gasteiger partial charge in [0.05, 0.1) is 10.5 Å². The lowest BCUT2D eigenvalue weighted by molar-refractivity contribution is -0.139. The van der Waals surface area contributed by atoms with Crippen molar-refractivity contribution in [3.63, 3.8) is 0 Å². The summed E-state index contributed by atoms with van der Waals surface area (Å²) in [5, 5.41) is 3.28. The highest BCUT2D eigenvalue weighted by atomic mass is 32.2. The molecule has 9 heteroatoms. The Kier molecular flexibility index (Phi) is 8.12. The Morgan fingerprint density at radius 3 is 2.33 bits per heavy atom. The third-order valence-electron chi connectivity index (χ3n) is 8.58. The quantitative estimate of drug-likeness (QED) is 0.405. The van der Waals surface area contributed by atoms with Crippen molar-refractivity contribution in [3.05, 3.63) is 89.0 Å². The van der Waals surface area contributed by atoms with E-state index in [1.54, 1.807) is 0 Å². The van der Waals surface area contributed by atoms with E-state index in [4.69, 9.17) is 0 Å². The maximum absolute atomic E-state index is 13.8. The van der Waals surface area contributed by atoms with Crippen LogP contribution in [0.3, 0.4) is 0 Å². The molecule has 0 bridgehead atoms. The number of alkyl halides is 3. The first-order valence-electron chi connectivity index (χ1n) is 13.8. The highest BCUT2D eigenvalue weighted by Crippen LogP contribution is 2.44. The standard InChI is InChI=1S/C31H36F3N3O2S/c1-21-9-8-10-25(22(21)2)23-13-15-24(16-14-23)30-27(19-35-3)37-18-7-6-17-36(20-28(30)37)40(38,39)29-12-5-4-11-26(29)31(32,33)34/h4-5,8-16,27-28,30,35H,6-7,17-20H2,1-3H3/t27-,28+,30-/m1/s1. The third kappa shape index (κ3) is 5.32. The van der Waals surface area contributed by atoms with Gasteiger partial charge < -0.3 is 5.32 Å². The highest BCUT2D eigenvalue weighted by molar-refractivity contribution is 7.89. The molecule has 214 valence electrons. The Balaban J connectivity index is 1.47. The van der Waals surface area contributed by atoms with Crippen LogP contribution in [0.4, 0.5) is 13.2 Å². The molecule has 0 spiro atoms. The second-order valence-electron chi connectivity index (χ2n) is 10.9. The first-order chi connectivity index (χ1) is 19.0. The average Bonchev–Trinajstić information content (AvgIpc) is 2.91. The Bertz CT molecular complexity index is 1460. The number of sulfonamides is 1. The van der Waals surface area contributed by atoms with Gasteiger partial charge in [-0.15, -0.1) is 0 Å². The fourth-order valence-electron chi connectivity index (χ4n) is 6.38. The summed E-state index contributed by atoms with van der Waals surface area (Å²) >= 11 is 0. The normalized spacial score (nSPS) is 22.7. The van der Waals surface area contributed by atoms with Gasteiger partial charge in [-0.2, -0.15) is 17.5 Å². The number of rotatable bonds is 6. The van der Waals surface area contributed by atoms with Crippen molar-refractivity contribution >= 4 is 10.0 Å². The second-order valence-corrected chi connectivity index (χ2v) is 12.8. The van der Waals surface area contributed by atoms with E-state index in [-0.39, 0.29) is 31.1 Å². The summed E-state index contributed by atoms with van der Waals surface area (Å²) < 4.78 is 70.0. The number of hydrogen-bond donors (Lipinski definition) is 1. The van der Waals surface area contributed by atoms with Crippen molar-refractivity contribution in [2.45, 2.75) is 55.8 Å². The van der Waals surface area contributed by atoms with Gasteiger partial charge in [0.15, 0.2) is 0 Å². The minimum atomic E-state index is -4.76. The summed E-state index contributed by atoms with van der Waals surface area (Å²) in [6.07, 6.45) is -3.38. The number of fused-ring (bicyclic) bond motifs is 1. The molecule has 3 aromatic rings. The van der Waals surface area contributed by atoms with Crippen LogP contribution >= 0.6 is 0 Å². The van der Waals surface area contributed by atoms with Crippen molar-refractivity contribution < 1.29 is 21.6 Å². The molecule has 2 aliphatic rings. The maximum atomic E-state index is 13.8. The zero-order valence-electron chi connectivity index (χ0n) is 23.1. The van der Waals surface area contributed by atoms with E-state index >= 15 is 0 Å². The molecule has 2 saturated heterocycles. The van der Waals surface area contributed by atoms with Crippen LogP contribution < -0.4 is 5.32 Å². The summed E-state index contributed by atoms with van der Waals surface area (Å²) in [6.45, 7) is 6.14. The van der Waals surface area contributed by atoms with Gasteiger partial charge in [0, 0.05) is 37.6 Å². The predicted octanol–water partition coefficient (Wildman–Crippen LogP) is 5.83. The molecule has 40 heavy (non-hydrogen) atoms. The molecule has 3 aromatic carbocycles. The number of nitrogens with zero attached hydrogens (tertiary/aromatic N) is 2. The van der Waals surface area contributed by atoms with E-state index in [1.807, 2.05) is 7.05 Å². The molecule has 0 radical (unpaired) electrons. The third-order valence-corrected chi connectivity index (χ3v) is 10.5. The van der Waals surface area contributed by atoms with Crippen LogP contribution in [-0.4, -0.2) is 62.9 Å². The number of likely N-dealkylation sites (N-methyl/N-ethyl adjacent to an activating group) is 1. The predicted molar refractivity (Wildman–Crippen MR) is 152 cm³/mol. The van der Waals surface area contributed by atoms with E-state index in [1.165, 1.54) is 33.1 Å². The van der Waals surface area contributed by atoms with Gasteiger partial charge in [0.1, 0.15) is 0 Å². The van der Waals surface area contributed by atoms with Gasteiger partial charge in [-0.1, -0.05) is 54.6 Å². The average molecular weight is 572 g/mol. The molecule has 0 saturated carbocycles. The van der Waals surface area contributed by atoms with Crippen molar-refractivity contribution in [2.24, 2.45) is 0 Å². The maximum Gasteiger partial charge on any atom is 0.417 e. The number of aryl methyl sites for hydroxylation is 1. The lowest BCUT2D eigenvalue weighted by Gasteiger charge is -2.57. The summed E-state index contributed by atoms with van der Waals surface area (Å²) in [4.78, 5) is 1.66. The smallest absolute Gasteiger partial charge is 0.318 e. The van der Waals surface area contributed by atoms with Crippen molar-refractivity contribution in [2.75, 3.05) is 33.2 Å². The Morgan fingerprint density at radius 2 is 1.62 bits per heavy atom. The van der Waals surface area contributed by atoms with E-state index in [2.05, 4.69) is 66.5 Å². The number of nitrogens with one attached hydrogen (secondary N) is 1. The molecule has 5 rings (SSSR count). The lowest BCUT2D eigenvalue weighted by Crippen LogP contribution is -2.68. The first-order valence-corrected chi connectivity index (χ1v) is 15.2. The highest BCUT2D eigenvalue weighted by Gasteiger charge is 2.50. The van der Waals surface area contributed by atoms with Crippen LogP contribution in [0, 0.1) is 13.8 Å². The van der Waals surface area contributed by atoms with Crippen molar-refractivity contribution in [1.82, 2.24) is 14.5 Å². The van der Waals surface area contributed by atoms with Crippen LogP contribution in [0.2, 0.25) is 0 Å². The van der Waals surface area contributed by atoms with Crippen molar-refractivity contribution in [3.8, 4) is 11.1 Å². The van der Waals surface area contributed by atoms with Crippen LogP contribution in [0.25, 0.3) is 11.1 Å². The van der Waals surface area contributed by atoms with Gasteiger partial charge >= 0.3 is 6.18 Å². The minimum Gasteiger partial charge on any atom is -0.318 e. The molecule has 2 aliphatic heterocycles. The molecule has 2 fully saturated rings. The molecule has 3 atom stereocenters. The summed E-state index contributed by atoms with van der Waals surface area (Å²) in [6, 6.07) is 19.3. The lowest BCUT2D eigenvalue weighted by atomic mass is 9.74. The molecule has 5 nitrogen and oxygen atoms in total. The van der Waals surface area contributed by atoms with E-state index in [0.29, 0.717) is 6.42 Å². The molecular formula is C31H36F3N3O2S. The van der Waals surface area contributed by atoms with E-state index in [0.717, 1.165) is 42.8 Å². The number of hydrogen-bond acceptors (Lipinski definition) is 4. The minimum absolute atomic E-state index is 0.0498. The topological polar surface area (TPSA) is 52.7 Å². The number of benzene rings is 3. The number of halogens is 3. The summed E-state index contributed by atoms with van der Waals surface area (Å²) in [5.74, 6) is 0.0498. The first kappa shape index (κ1) is 28.8. The zero-order chi connectivity index (χ0) is 28.7. The van der Waals surface area contributed by atoms with Crippen molar-refractivity contribution in [1.29, 1.82) is 0 Å². The molecule has 0 unspecified atom stereocenters. The Morgan fingerprint density at radius 1 is 0.925 bits per heavy atom.